The second-order valence-corrected chi connectivity index (χ2v) is 8.23. The highest BCUT2D eigenvalue weighted by atomic mass is 16.5. The molecule has 0 unspecified atom stereocenters. The molecule has 1 amide bonds. The Kier molecular flexibility index (Phi) is 7.67. The molecule has 0 bridgehead atoms. The normalized spacial score (nSPS) is 15.4. The Morgan fingerprint density at radius 3 is 2.52 bits per heavy atom. The lowest BCUT2D eigenvalue weighted by Gasteiger charge is -2.33. The van der Waals surface area contributed by atoms with Crippen LogP contribution in [0, 0.1) is 5.92 Å². The number of carbonyl (C=O) groups is 1. The minimum absolute atomic E-state index is 0.115. The summed E-state index contributed by atoms with van der Waals surface area (Å²) >= 11 is 0. The van der Waals surface area contributed by atoms with E-state index >= 15 is 0 Å². The SMILES string of the molecule is COc1ccc(C(=O)Nc2cccc(CNC3CCN(CC(C)C)CC3)c2)cc1. The Hall–Kier alpha value is -2.37. The molecule has 29 heavy (non-hydrogen) atoms. The Labute approximate surface area is 174 Å². The maximum absolute atomic E-state index is 12.5. The molecular formula is C24H33N3O2. The van der Waals surface area contributed by atoms with Gasteiger partial charge in [0.15, 0.2) is 0 Å². The first-order valence-electron chi connectivity index (χ1n) is 10.5. The third-order valence-corrected chi connectivity index (χ3v) is 5.34. The van der Waals surface area contributed by atoms with Crippen LogP contribution in [0.5, 0.6) is 5.75 Å². The summed E-state index contributed by atoms with van der Waals surface area (Å²) in [4.78, 5) is 15.0. The van der Waals surface area contributed by atoms with Gasteiger partial charge in [-0.05, 0) is 73.8 Å². The van der Waals surface area contributed by atoms with Crippen molar-refractivity contribution in [2.45, 2.75) is 39.3 Å². The smallest absolute Gasteiger partial charge is 0.255 e. The van der Waals surface area contributed by atoms with E-state index in [1.54, 1.807) is 31.4 Å². The molecule has 2 aromatic rings. The molecule has 0 radical (unpaired) electrons. The zero-order chi connectivity index (χ0) is 20.6. The molecule has 0 aromatic heterocycles. The molecule has 0 atom stereocenters. The summed E-state index contributed by atoms with van der Waals surface area (Å²) in [6.07, 6.45) is 2.39. The molecular weight excluding hydrogens is 362 g/mol. The van der Waals surface area contributed by atoms with Crippen LogP contribution in [-0.4, -0.2) is 43.6 Å². The number of rotatable bonds is 8. The molecule has 156 valence electrons. The van der Waals surface area contributed by atoms with E-state index in [9.17, 15) is 4.79 Å². The van der Waals surface area contributed by atoms with Crippen molar-refractivity contribution in [2.24, 2.45) is 5.92 Å². The summed E-state index contributed by atoms with van der Waals surface area (Å²) in [5.74, 6) is 1.36. The molecule has 1 aliphatic heterocycles. The predicted molar refractivity (Wildman–Crippen MR) is 119 cm³/mol. The van der Waals surface area contributed by atoms with E-state index in [1.165, 1.54) is 38.0 Å². The van der Waals surface area contributed by atoms with Crippen molar-refractivity contribution in [3.05, 3.63) is 59.7 Å². The Morgan fingerprint density at radius 2 is 1.86 bits per heavy atom. The highest BCUT2D eigenvalue weighted by Gasteiger charge is 2.19. The molecule has 5 nitrogen and oxygen atoms in total. The number of ether oxygens (including phenoxy) is 1. The maximum atomic E-state index is 12.5. The van der Waals surface area contributed by atoms with E-state index in [0.29, 0.717) is 11.6 Å². The van der Waals surface area contributed by atoms with Gasteiger partial charge in [0, 0.05) is 30.4 Å². The van der Waals surface area contributed by atoms with Gasteiger partial charge in [-0.3, -0.25) is 4.79 Å². The molecule has 5 heteroatoms. The van der Waals surface area contributed by atoms with Gasteiger partial charge in [-0.25, -0.2) is 0 Å². The second-order valence-electron chi connectivity index (χ2n) is 8.23. The van der Waals surface area contributed by atoms with Crippen LogP contribution >= 0.6 is 0 Å². The fourth-order valence-corrected chi connectivity index (χ4v) is 3.80. The van der Waals surface area contributed by atoms with Gasteiger partial charge in [0.05, 0.1) is 7.11 Å². The van der Waals surface area contributed by atoms with Crippen LogP contribution in [0.2, 0.25) is 0 Å². The zero-order valence-electron chi connectivity index (χ0n) is 17.8. The number of nitrogens with one attached hydrogen (secondary N) is 2. The monoisotopic (exact) mass is 395 g/mol. The minimum atomic E-state index is -0.115. The standard InChI is InChI=1S/C24H33N3O2/c1-18(2)17-27-13-11-21(12-14-27)25-16-19-5-4-6-22(15-19)26-24(28)20-7-9-23(29-3)10-8-20/h4-10,15,18,21,25H,11-14,16-17H2,1-3H3,(H,26,28). The van der Waals surface area contributed by atoms with Gasteiger partial charge in [0.1, 0.15) is 5.75 Å². The number of anilines is 1. The average molecular weight is 396 g/mol. The molecule has 0 spiro atoms. The van der Waals surface area contributed by atoms with E-state index in [-0.39, 0.29) is 5.91 Å². The van der Waals surface area contributed by atoms with Crippen molar-refractivity contribution in [1.29, 1.82) is 0 Å². The van der Waals surface area contributed by atoms with Gasteiger partial charge in [-0.1, -0.05) is 26.0 Å². The summed E-state index contributed by atoms with van der Waals surface area (Å²) in [7, 11) is 1.61. The van der Waals surface area contributed by atoms with Crippen LogP contribution in [0.1, 0.15) is 42.6 Å². The minimum Gasteiger partial charge on any atom is -0.497 e. The topological polar surface area (TPSA) is 53.6 Å². The lowest BCUT2D eigenvalue weighted by Crippen LogP contribution is -2.43. The molecule has 2 N–H and O–H groups in total. The number of likely N-dealkylation sites (tertiary alicyclic amines) is 1. The van der Waals surface area contributed by atoms with E-state index < -0.39 is 0 Å². The maximum Gasteiger partial charge on any atom is 0.255 e. The van der Waals surface area contributed by atoms with Crippen LogP contribution in [0.15, 0.2) is 48.5 Å². The number of nitrogens with zero attached hydrogens (tertiary/aromatic N) is 1. The van der Waals surface area contributed by atoms with E-state index in [2.05, 4.69) is 35.4 Å². The van der Waals surface area contributed by atoms with Crippen molar-refractivity contribution in [3.8, 4) is 5.75 Å². The van der Waals surface area contributed by atoms with Gasteiger partial charge >= 0.3 is 0 Å². The van der Waals surface area contributed by atoms with E-state index in [4.69, 9.17) is 4.74 Å². The fourth-order valence-electron chi connectivity index (χ4n) is 3.80. The Morgan fingerprint density at radius 1 is 1.14 bits per heavy atom. The fraction of sp³-hybridized carbons (Fsp3) is 0.458. The first-order valence-corrected chi connectivity index (χ1v) is 10.5. The van der Waals surface area contributed by atoms with Gasteiger partial charge in [-0.15, -0.1) is 0 Å². The third kappa shape index (κ3) is 6.58. The number of amides is 1. The first kappa shape index (κ1) is 21.3. The van der Waals surface area contributed by atoms with Crippen molar-refractivity contribution in [1.82, 2.24) is 10.2 Å². The Balaban J connectivity index is 1.48. The summed E-state index contributed by atoms with van der Waals surface area (Å²) in [5.41, 5.74) is 2.61. The highest BCUT2D eigenvalue weighted by Crippen LogP contribution is 2.16. The molecule has 1 aliphatic rings. The van der Waals surface area contributed by atoms with Crippen LogP contribution in [0.3, 0.4) is 0 Å². The van der Waals surface area contributed by atoms with Gasteiger partial charge in [0.25, 0.3) is 5.91 Å². The van der Waals surface area contributed by atoms with E-state index in [1.807, 2.05) is 18.2 Å². The van der Waals surface area contributed by atoms with Gasteiger partial charge in [0.2, 0.25) is 0 Å². The van der Waals surface area contributed by atoms with Crippen molar-refractivity contribution < 1.29 is 9.53 Å². The quantitative estimate of drug-likeness (QED) is 0.705. The molecule has 3 rings (SSSR count). The lowest BCUT2D eigenvalue weighted by atomic mass is 10.0. The number of methoxy groups -OCH3 is 1. The van der Waals surface area contributed by atoms with Crippen LogP contribution in [0.4, 0.5) is 5.69 Å². The largest absolute Gasteiger partial charge is 0.497 e. The molecule has 2 aromatic carbocycles. The zero-order valence-corrected chi connectivity index (χ0v) is 17.8. The highest BCUT2D eigenvalue weighted by molar-refractivity contribution is 6.04. The lowest BCUT2D eigenvalue weighted by molar-refractivity contribution is 0.102. The van der Waals surface area contributed by atoms with Crippen LogP contribution < -0.4 is 15.4 Å². The third-order valence-electron chi connectivity index (χ3n) is 5.34. The van der Waals surface area contributed by atoms with Gasteiger partial charge < -0.3 is 20.3 Å². The van der Waals surface area contributed by atoms with Crippen molar-refractivity contribution in [3.63, 3.8) is 0 Å². The molecule has 0 aliphatic carbocycles. The number of hydrogen-bond donors (Lipinski definition) is 2. The number of hydrogen-bond acceptors (Lipinski definition) is 4. The predicted octanol–water partition coefficient (Wildman–Crippen LogP) is 4.16. The summed E-state index contributed by atoms with van der Waals surface area (Å²) in [6, 6.07) is 15.8. The molecule has 1 fully saturated rings. The average Bonchev–Trinajstić information content (AvgIpc) is 2.73. The van der Waals surface area contributed by atoms with Gasteiger partial charge in [-0.2, -0.15) is 0 Å². The number of carbonyl (C=O) groups excluding carboxylic acids is 1. The molecule has 1 heterocycles. The van der Waals surface area contributed by atoms with Crippen LogP contribution in [-0.2, 0) is 6.54 Å². The second kappa shape index (κ2) is 10.4. The molecule has 0 saturated carbocycles. The first-order chi connectivity index (χ1) is 14.0. The van der Waals surface area contributed by atoms with Crippen LogP contribution in [0.25, 0.3) is 0 Å². The van der Waals surface area contributed by atoms with Crippen molar-refractivity contribution >= 4 is 11.6 Å². The summed E-state index contributed by atoms with van der Waals surface area (Å²) in [5, 5.41) is 6.67. The van der Waals surface area contributed by atoms with E-state index in [0.717, 1.165) is 23.9 Å². The number of piperidine rings is 1. The summed E-state index contributed by atoms with van der Waals surface area (Å²) < 4.78 is 5.14. The molecule has 1 saturated heterocycles. The Bertz CT molecular complexity index is 781. The summed E-state index contributed by atoms with van der Waals surface area (Å²) in [6.45, 7) is 8.93. The van der Waals surface area contributed by atoms with Crippen molar-refractivity contribution in [2.75, 3.05) is 32.1 Å². The number of benzene rings is 2.